The van der Waals surface area contributed by atoms with E-state index >= 15 is 0 Å². The highest BCUT2D eigenvalue weighted by Gasteiger charge is 2.36. The molecule has 2 aromatic carbocycles. The molecule has 0 aromatic heterocycles. The minimum Gasteiger partial charge on any atom is -0.336 e. The predicted molar refractivity (Wildman–Crippen MR) is 121 cm³/mol. The number of piperazine rings is 1. The lowest BCUT2D eigenvalue weighted by atomic mass is 10.1. The topological polar surface area (TPSA) is 73.0 Å². The highest BCUT2D eigenvalue weighted by atomic mass is 35.5. The molecule has 0 bridgehead atoms. The third kappa shape index (κ3) is 4.88. The maximum atomic E-state index is 13.2. The van der Waals surface area contributed by atoms with Gasteiger partial charge in [-0.2, -0.15) is 13.2 Å². The Labute approximate surface area is 199 Å². The van der Waals surface area contributed by atoms with Crippen LogP contribution in [0.5, 0.6) is 0 Å². The number of halogens is 4. The third-order valence-corrected chi connectivity index (χ3v) is 6.31. The normalized spacial score (nSPS) is 17.7. The van der Waals surface area contributed by atoms with Crippen LogP contribution in [0.15, 0.2) is 42.5 Å². The van der Waals surface area contributed by atoms with Crippen LogP contribution < -0.4 is 10.2 Å². The first-order valence-corrected chi connectivity index (χ1v) is 11.0. The van der Waals surface area contributed by atoms with Crippen molar-refractivity contribution >= 4 is 40.7 Å². The van der Waals surface area contributed by atoms with Gasteiger partial charge < -0.3 is 10.2 Å². The summed E-state index contributed by atoms with van der Waals surface area (Å²) in [5.74, 6) is -1.09. The molecular formula is C23H22ClF3N4O3. The molecule has 34 heavy (non-hydrogen) atoms. The molecule has 1 unspecified atom stereocenters. The van der Waals surface area contributed by atoms with Crippen molar-refractivity contribution in [2.75, 3.05) is 42.9 Å². The largest absolute Gasteiger partial charge is 0.416 e. The maximum Gasteiger partial charge on any atom is 0.416 e. The van der Waals surface area contributed by atoms with Gasteiger partial charge in [0.25, 0.3) is 5.91 Å². The molecule has 1 fully saturated rings. The summed E-state index contributed by atoms with van der Waals surface area (Å²) in [7, 11) is 0. The van der Waals surface area contributed by atoms with E-state index in [0.717, 1.165) is 12.1 Å². The molecule has 1 N–H and O–H groups in total. The number of carbonyl (C=O) groups is 3. The van der Waals surface area contributed by atoms with E-state index < -0.39 is 29.6 Å². The van der Waals surface area contributed by atoms with E-state index in [1.807, 2.05) is 4.90 Å². The Hall–Kier alpha value is -3.11. The van der Waals surface area contributed by atoms with E-state index in [0.29, 0.717) is 36.8 Å². The number of benzene rings is 2. The van der Waals surface area contributed by atoms with Gasteiger partial charge in [0.15, 0.2) is 0 Å². The predicted octanol–water partition coefficient (Wildman–Crippen LogP) is 3.49. The molecule has 0 spiro atoms. The van der Waals surface area contributed by atoms with Gasteiger partial charge in [-0.25, -0.2) is 0 Å². The van der Waals surface area contributed by atoms with Gasteiger partial charge in [-0.1, -0.05) is 11.6 Å². The molecule has 1 atom stereocenters. The first kappa shape index (κ1) is 24.0. The molecule has 0 saturated carbocycles. The third-order valence-electron chi connectivity index (χ3n) is 6.05. The summed E-state index contributed by atoms with van der Waals surface area (Å²) in [4.78, 5) is 42.9. The number of rotatable bonds is 3. The minimum absolute atomic E-state index is 0.0509. The second-order valence-electron chi connectivity index (χ2n) is 8.21. The summed E-state index contributed by atoms with van der Waals surface area (Å²) in [5.41, 5.74) is -0.211. The fourth-order valence-electron chi connectivity index (χ4n) is 4.13. The van der Waals surface area contributed by atoms with Crippen molar-refractivity contribution in [3.05, 3.63) is 58.6 Å². The molecular weight excluding hydrogens is 473 g/mol. The average Bonchev–Trinajstić information content (AvgIpc) is 2.81. The number of nitrogens with zero attached hydrogens (tertiary/aromatic N) is 3. The number of nitrogens with one attached hydrogen (secondary N) is 1. The van der Waals surface area contributed by atoms with Crippen LogP contribution in [0.25, 0.3) is 0 Å². The monoisotopic (exact) mass is 494 g/mol. The number of amides is 3. The van der Waals surface area contributed by atoms with Crippen LogP contribution in [0.2, 0.25) is 5.02 Å². The van der Waals surface area contributed by atoms with Gasteiger partial charge in [0.1, 0.15) is 6.54 Å². The van der Waals surface area contributed by atoms with Crippen LogP contribution in [0.1, 0.15) is 22.8 Å². The number of fused-ring (bicyclic) bond motifs is 1. The zero-order chi connectivity index (χ0) is 24.6. The molecule has 3 amide bonds. The van der Waals surface area contributed by atoms with Crippen molar-refractivity contribution in [3.63, 3.8) is 0 Å². The van der Waals surface area contributed by atoms with Crippen molar-refractivity contribution in [2.45, 2.75) is 19.1 Å². The zero-order valence-electron chi connectivity index (χ0n) is 18.2. The molecule has 2 aromatic rings. The van der Waals surface area contributed by atoms with Gasteiger partial charge in [-0.15, -0.1) is 0 Å². The van der Waals surface area contributed by atoms with Crippen LogP contribution in [-0.2, 0) is 15.8 Å². The SMILES string of the molecule is CC(C(=O)N1CC(=O)Nc2cc(C(F)(F)F)ccc21)N1CCN(C(=O)c2ccc(Cl)cc2)CC1. The molecule has 180 valence electrons. The summed E-state index contributed by atoms with van der Waals surface area (Å²) >= 11 is 5.88. The van der Waals surface area contributed by atoms with E-state index in [-0.39, 0.29) is 23.8 Å². The molecule has 2 heterocycles. The zero-order valence-corrected chi connectivity index (χ0v) is 19.0. The molecule has 2 aliphatic rings. The molecule has 1 saturated heterocycles. The Kier molecular flexibility index (Phi) is 6.55. The summed E-state index contributed by atoms with van der Waals surface area (Å²) in [6.45, 7) is 3.10. The van der Waals surface area contributed by atoms with Crippen LogP contribution in [-0.4, -0.2) is 66.3 Å². The Balaban J connectivity index is 1.44. The maximum absolute atomic E-state index is 13.2. The molecule has 0 aliphatic carbocycles. The van der Waals surface area contributed by atoms with Gasteiger partial charge in [-0.3, -0.25) is 24.2 Å². The molecule has 7 nitrogen and oxygen atoms in total. The Morgan fingerprint density at radius 2 is 1.68 bits per heavy atom. The van der Waals surface area contributed by atoms with Crippen LogP contribution >= 0.6 is 11.6 Å². The quantitative estimate of drug-likeness (QED) is 0.709. The van der Waals surface area contributed by atoms with Crippen molar-refractivity contribution in [3.8, 4) is 0 Å². The number of alkyl halides is 3. The summed E-state index contributed by atoms with van der Waals surface area (Å²) < 4.78 is 39.2. The van der Waals surface area contributed by atoms with E-state index in [1.54, 1.807) is 36.1 Å². The lowest BCUT2D eigenvalue weighted by Crippen LogP contribution is -2.56. The summed E-state index contributed by atoms with van der Waals surface area (Å²) in [6.07, 6.45) is -4.57. The van der Waals surface area contributed by atoms with Crippen LogP contribution in [0.4, 0.5) is 24.5 Å². The summed E-state index contributed by atoms with van der Waals surface area (Å²) in [5, 5.41) is 2.95. The first-order valence-electron chi connectivity index (χ1n) is 10.7. The number of hydrogen-bond acceptors (Lipinski definition) is 4. The van der Waals surface area contributed by atoms with Crippen molar-refractivity contribution in [1.29, 1.82) is 0 Å². The second-order valence-corrected chi connectivity index (χ2v) is 8.65. The Morgan fingerprint density at radius 3 is 2.29 bits per heavy atom. The molecule has 2 aliphatic heterocycles. The van der Waals surface area contributed by atoms with E-state index in [2.05, 4.69) is 5.32 Å². The van der Waals surface area contributed by atoms with E-state index in [9.17, 15) is 27.6 Å². The van der Waals surface area contributed by atoms with Crippen LogP contribution in [0.3, 0.4) is 0 Å². The van der Waals surface area contributed by atoms with Crippen molar-refractivity contribution < 1.29 is 27.6 Å². The standard InChI is InChI=1S/C23H22ClF3N4O3/c1-14(29-8-10-30(11-9-29)22(34)15-2-5-17(24)6-3-15)21(33)31-13-20(32)28-18-12-16(23(25,26)27)4-7-19(18)31/h2-7,12,14H,8-11,13H2,1H3,(H,28,32). The molecule has 4 rings (SSSR count). The summed E-state index contributed by atoms with van der Waals surface area (Å²) in [6, 6.07) is 8.91. The Morgan fingerprint density at radius 1 is 1.03 bits per heavy atom. The van der Waals surface area contributed by atoms with Gasteiger partial charge in [0.05, 0.1) is 23.0 Å². The first-order chi connectivity index (χ1) is 16.0. The van der Waals surface area contributed by atoms with Gasteiger partial charge in [0.2, 0.25) is 11.8 Å². The van der Waals surface area contributed by atoms with E-state index in [1.165, 1.54) is 11.0 Å². The van der Waals surface area contributed by atoms with E-state index in [4.69, 9.17) is 11.6 Å². The number of anilines is 2. The second kappa shape index (κ2) is 9.27. The fourth-order valence-corrected chi connectivity index (χ4v) is 4.26. The van der Waals surface area contributed by atoms with Gasteiger partial charge >= 0.3 is 6.18 Å². The lowest BCUT2D eigenvalue weighted by molar-refractivity contribution is -0.137. The van der Waals surface area contributed by atoms with Crippen molar-refractivity contribution in [1.82, 2.24) is 9.80 Å². The van der Waals surface area contributed by atoms with Crippen molar-refractivity contribution in [2.24, 2.45) is 0 Å². The Bertz CT molecular complexity index is 1120. The highest BCUT2D eigenvalue weighted by molar-refractivity contribution is 6.30. The number of hydrogen-bond donors (Lipinski definition) is 1. The highest BCUT2D eigenvalue weighted by Crippen LogP contribution is 2.37. The molecule has 0 radical (unpaired) electrons. The van der Waals surface area contributed by atoms with Gasteiger partial charge in [-0.05, 0) is 49.4 Å². The van der Waals surface area contributed by atoms with Gasteiger partial charge in [0, 0.05) is 36.8 Å². The lowest BCUT2D eigenvalue weighted by Gasteiger charge is -2.39. The fraction of sp³-hybridized carbons (Fsp3) is 0.348. The number of carbonyl (C=O) groups excluding carboxylic acids is 3. The smallest absolute Gasteiger partial charge is 0.336 e. The van der Waals surface area contributed by atoms with Crippen LogP contribution in [0, 0.1) is 0 Å². The average molecular weight is 495 g/mol. The molecule has 11 heteroatoms. The minimum atomic E-state index is -4.57.